The van der Waals surface area contributed by atoms with Crippen molar-refractivity contribution in [2.75, 3.05) is 0 Å². The lowest BCUT2D eigenvalue weighted by Crippen LogP contribution is -2.23. The molecule has 0 unspecified atom stereocenters. The number of nitrogens with zero attached hydrogens (tertiary/aromatic N) is 1. The Morgan fingerprint density at radius 2 is 2.11 bits per heavy atom. The predicted molar refractivity (Wildman–Crippen MR) is 62.9 cm³/mol. The Labute approximate surface area is 104 Å². The summed E-state index contributed by atoms with van der Waals surface area (Å²) in [5.74, 6) is 0.202. The molecule has 0 aliphatic heterocycles. The quantitative estimate of drug-likeness (QED) is 0.830. The van der Waals surface area contributed by atoms with Crippen LogP contribution >= 0.6 is 0 Å². The van der Waals surface area contributed by atoms with Crippen LogP contribution in [0.5, 0.6) is 0 Å². The third-order valence-electron chi connectivity index (χ3n) is 2.23. The van der Waals surface area contributed by atoms with Crippen LogP contribution < -0.4 is 4.72 Å². The van der Waals surface area contributed by atoms with Crippen LogP contribution in [0.25, 0.3) is 0 Å². The van der Waals surface area contributed by atoms with Crippen LogP contribution in [0, 0.1) is 0 Å². The van der Waals surface area contributed by atoms with Crippen LogP contribution in [0.15, 0.2) is 46.0 Å². The van der Waals surface area contributed by atoms with Gasteiger partial charge in [-0.15, -0.1) is 0 Å². The minimum atomic E-state index is -3.72. The number of sulfonamides is 1. The molecule has 0 spiro atoms. The summed E-state index contributed by atoms with van der Waals surface area (Å²) in [6.07, 6.45) is 1.58. The Hall–Kier alpha value is -1.70. The van der Waals surface area contributed by atoms with E-state index in [1.807, 2.05) is 0 Å². The Kier molecular flexibility index (Phi) is 3.75. The zero-order valence-electron chi connectivity index (χ0n) is 9.41. The van der Waals surface area contributed by atoms with Crippen molar-refractivity contribution in [3.63, 3.8) is 0 Å². The second-order valence-electron chi connectivity index (χ2n) is 3.52. The van der Waals surface area contributed by atoms with E-state index in [4.69, 9.17) is 9.52 Å². The highest BCUT2D eigenvalue weighted by Crippen LogP contribution is 2.13. The van der Waals surface area contributed by atoms with E-state index in [9.17, 15) is 8.42 Å². The van der Waals surface area contributed by atoms with E-state index in [0.29, 0.717) is 5.69 Å². The maximum absolute atomic E-state index is 11.8. The van der Waals surface area contributed by atoms with Crippen LogP contribution in [0.1, 0.15) is 11.5 Å². The molecule has 0 aliphatic carbocycles. The van der Waals surface area contributed by atoms with Crippen LogP contribution in [0.3, 0.4) is 0 Å². The van der Waals surface area contributed by atoms with Crippen molar-refractivity contribution in [1.29, 1.82) is 0 Å². The van der Waals surface area contributed by atoms with E-state index in [2.05, 4.69) is 9.71 Å². The molecule has 0 radical (unpaired) electrons. The predicted octanol–water partition coefficient (Wildman–Crippen LogP) is 0.645. The smallest absolute Gasteiger partial charge is 0.274 e. The van der Waals surface area contributed by atoms with Gasteiger partial charge >= 0.3 is 0 Å². The summed E-state index contributed by atoms with van der Waals surface area (Å²) in [4.78, 5) is 4.00. The first-order valence-electron chi connectivity index (χ1n) is 5.21. The summed E-state index contributed by atoms with van der Waals surface area (Å²) in [5.41, 5.74) is 0.606. The second-order valence-corrected chi connectivity index (χ2v) is 5.22. The van der Waals surface area contributed by atoms with Gasteiger partial charge < -0.3 is 9.52 Å². The van der Waals surface area contributed by atoms with Gasteiger partial charge in [0.1, 0.15) is 12.4 Å². The molecule has 0 saturated carbocycles. The molecule has 0 saturated heterocycles. The van der Waals surface area contributed by atoms with Gasteiger partial charge in [-0.3, -0.25) is 4.98 Å². The summed E-state index contributed by atoms with van der Waals surface area (Å²) in [5, 5.41) is 8.59. The first-order chi connectivity index (χ1) is 8.62. The fourth-order valence-corrected chi connectivity index (χ4v) is 2.27. The summed E-state index contributed by atoms with van der Waals surface area (Å²) < 4.78 is 31.0. The normalized spacial score (nSPS) is 11.6. The molecular weight excluding hydrogens is 256 g/mol. The minimum absolute atomic E-state index is 0.0817. The first-order valence-corrected chi connectivity index (χ1v) is 6.69. The van der Waals surface area contributed by atoms with E-state index in [-0.39, 0.29) is 24.0 Å². The summed E-state index contributed by atoms with van der Waals surface area (Å²) in [7, 11) is -3.72. The average Bonchev–Trinajstić information content (AvgIpc) is 2.87. The van der Waals surface area contributed by atoms with Gasteiger partial charge in [-0.05, 0) is 24.3 Å². The SMILES string of the molecule is O=S(=O)(NCc1ccccn1)c1ccc(CO)o1. The molecule has 18 heavy (non-hydrogen) atoms. The second kappa shape index (κ2) is 5.30. The van der Waals surface area contributed by atoms with Gasteiger partial charge in [0.15, 0.2) is 0 Å². The highest BCUT2D eigenvalue weighted by molar-refractivity contribution is 7.89. The van der Waals surface area contributed by atoms with Crippen LogP contribution in [0.4, 0.5) is 0 Å². The van der Waals surface area contributed by atoms with Gasteiger partial charge in [0.25, 0.3) is 10.0 Å². The third-order valence-corrected chi connectivity index (χ3v) is 3.50. The van der Waals surface area contributed by atoms with Gasteiger partial charge in [0.05, 0.1) is 12.2 Å². The molecule has 0 bridgehead atoms. The summed E-state index contributed by atoms with van der Waals surface area (Å²) in [6.45, 7) is -0.256. The van der Waals surface area contributed by atoms with Crippen molar-refractivity contribution in [2.24, 2.45) is 0 Å². The van der Waals surface area contributed by atoms with E-state index in [0.717, 1.165) is 0 Å². The van der Waals surface area contributed by atoms with Crippen LogP contribution in [0.2, 0.25) is 0 Å². The number of furan rings is 1. The van der Waals surface area contributed by atoms with Gasteiger partial charge in [0.2, 0.25) is 5.09 Å². The number of hydrogen-bond acceptors (Lipinski definition) is 5. The molecule has 2 rings (SSSR count). The highest BCUT2D eigenvalue weighted by Gasteiger charge is 2.18. The number of nitrogens with one attached hydrogen (secondary N) is 1. The maximum atomic E-state index is 11.8. The number of aliphatic hydroxyl groups excluding tert-OH is 1. The molecule has 0 aromatic carbocycles. The largest absolute Gasteiger partial charge is 0.446 e. The number of rotatable bonds is 5. The number of hydrogen-bond donors (Lipinski definition) is 2. The monoisotopic (exact) mass is 268 g/mol. The number of pyridine rings is 1. The zero-order valence-corrected chi connectivity index (χ0v) is 10.2. The first kappa shape index (κ1) is 12.7. The van der Waals surface area contributed by atoms with E-state index >= 15 is 0 Å². The Morgan fingerprint density at radius 3 is 2.72 bits per heavy atom. The average molecular weight is 268 g/mol. The molecule has 2 aromatic heterocycles. The lowest BCUT2D eigenvalue weighted by molar-refractivity contribution is 0.236. The molecule has 2 aromatic rings. The van der Waals surface area contributed by atoms with Gasteiger partial charge in [0, 0.05) is 6.20 Å². The molecule has 0 atom stereocenters. The highest BCUT2D eigenvalue weighted by atomic mass is 32.2. The van der Waals surface area contributed by atoms with Crippen molar-refractivity contribution < 1.29 is 17.9 Å². The Bertz CT molecular complexity index is 607. The molecular formula is C11H12N2O4S. The molecule has 2 N–H and O–H groups in total. The van der Waals surface area contributed by atoms with E-state index in [1.165, 1.54) is 12.1 Å². The van der Waals surface area contributed by atoms with Gasteiger partial charge in [-0.1, -0.05) is 6.07 Å². The van der Waals surface area contributed by atoms with Gasteiger partial charge in [-0.2, -0.15) is 0 Å². The molecule has 2 heterocycles. The summed E-state index contributed by atoms with van der Waals surface area (Å²) >= 11 is 0. The maximum Gasteiger partial charge on any atom is 0.274 e. The zero-order chi connectivity index (χ0) is 13.0. The van der Waals surface area contributed by atoms with Gasteiger partial charge in [-0.25, -0.2) is 13.1 Å². The lowest BCUT2D eigenvalue weighted by Gasteiger charge is -2.03. The topological polar surface area (TPSA) is 92.4 Å². The third kappa shape index (κ3) is 2.95. The fraction of sp³-hybridized carbons (Fsp3) is 0.182. The van der Waals surface area contributed by atoms with Crippen molar-refractivity contribution in [1.82, 2.24) is 9.71 Å². The Morgan fingerprint density at radius 1 is 1.28 bits per heavy atom. The van der Waals surface area contributed by atoms with Crippen LogP contribution in [-0.4, -0.2) is 18.5 Å². The molecule has 7 heteroatoms. The van der Waals surface area contributed by atoms with E-state index < -0.39 is 10.0 Å². The van der Waals surface area contributed by atoms with Crippen LogP contribution in [-0.2, 0) is 23.2 Å². The van der Waals surface area contributed by atoms with Crippen molar-refractivity contribution in [3.8, 4) is 0 Å². The Balaban J connectivity index is 2.08. The molecule has 6 nitrogen and oxygen atoms in total. The molecule has 96 valence electrons. The van der Waals surface area contributed by atoms with E-state index in [1.54, 1.807) is 24.4 Å². The fourth-order valence-electron chi connectivity index (χ4n) is 1.33. The standard InChI is InChI=1S/C11H12N2O4S/c14-8-10-4-5-11(17-10)18(15,16)13-7-9-3-1-2-6-12-9/h1-6,13-14H,7-8H2. The summed E-state index contributed by atoms with van der Waals surface area (Å²) in [6, 6.07) is 7.94. The lowest BCUT2D eigenvalue weighted by atomic mass is 10.4. The number of aromatic nitrogens is 1. The molecule has 0 aliphatic rings. The molecule has 0 fully saturated rings. The van der Waals surface area contributed by atoms with Crippen molar-refractivity contribution in [3.05, 3.63) is 48.0 Å². The van der Waals surface area contributed by atoms with Crippen molar-refractivity contribution in [2.45, 2.75) is 18.2 Å². The number of aliphatic hydroxyl groups is 1. The van der Waals surface area contributed by atoms with Crippen molar-refractivity contribution >= 4 is 10.0 Å². The minimum Gasteiger partial charge on any atom is -0.446 e. The molecule has 0 amide bonds.